The van der Waals surface area contributed by atoms with Gasteiger partial charge in [0.1, 0.15) is 5.82 Å². The number of alkyl carbamates (subject to hydrolysis) is 2. The number of carbonyl (C=O) groups excluding carboxylic acids is 2. The highest BCUT2D eigenvalue weighted by Crippen LogP contribution is 2.43. The Hall–Kier alpha value is -3.39. The first-order valence-corrected chi connectivity index (χ1v) is 15.3. The molecule has 1 aromatic carbocycles. The number of imidazole rings is 2. The van der Waals surface area contributed by atoms with E-state index in [-0.39, 0.29) is 24.3 Å². The fourth-order valence-corrected chi connectivity index (χ4v) is 6.39. The summed E-state index contributed by atoms with van der Waals surface area (Å²) in [7, 11) is 0.740. The van der Waals surface area contributed by atoms with E-state index < -0.39 is 6.09 Å². The maximum Gasteiger partial charge on any atom is 0.407 e. The van der Waals surface area contributed by atoms with Crippen LogP contribution in [0.1, 0.15) is 79.4 Å². The van der Waals surface area contributed by atoms with Crippen LogP contribution in [0.2, 0.25) is 0 Å². The molecule has 2 amide bonds. The first kappa shape index (κ1) is 27.2. The number of nitrogens with one attached hydrogen (secondary N) is 2. The molecule has 0 saturated carbocycles. The van der Waals surface area contributed by atoms with Crippen LogP contribution in [-0.2, 0) is 22.3 Å². The van der Waals surface area contributed by atoms with Crippen LogP contribution in [0.25, 0.3) is 0 Å². The van der Waals surface area contributed by atoms with Crippen molar-refractivity contribution < 1.29 is 19.1 Å². The van der Waals surface area contributed by atoms with Crippen molar-refractivity contribution in [2.24, 2.45) is 0 Å². The van der Waals surface area contributed by atoms with Gasteiger partial charge in [-0.05, 0) is 50.4 Å². The van der Waals surface area contributed by atoms with Crippen LogP contribution in [0.5, 0.6) is 0 Å². The van der Waals surface area contributed by atoms with Gasteiger partial charge >= 0.3 is 12.2 Å². The Morgan fingerprint density at radius 2 is 1.49 bits per heavy atom. The SMILES string of the molecule is CP[C@@H]1C[C@@H](OC(=O)NCCCc2cccc(CCCNC(=O)O[C@@H]3C[C@@H](C)n4ccnc43)c2)c2nccn21. The monoisotopic (exact) mass is 552 g/mol. The van der Waals surface area contributed by atoms with E-state index in [0.717, 1.165) is 58.8 Å². The van der Waals surface area contributed by atoms with E-state index in [1.165, 1.54) is 11.1 Å². The number of aromatic nitrogens is 4. The molecule has 3 aromatic rings. The van der Waals surface area contributed by atoms with E-state index in [4.69, 9.17) is 9.47 Å². The second-order valence-corrected chi connectivity index (χ2v) is 11.4. The van der Waals surface area contributed by atoms with Crippen LogP contribution in [0, 0.1) is 0 Å². The molecule has 2 aliphatic rings. The molecule has 5 atom stereocenters. The highest BCUT2D eigenvalue weighted by molar-refractivity contribution is 7.37. The molecule has 2 aliphatic heterocycles. The minimum absolute atomic E-state index is 0.277. The maximum atomic E-state index is 12.3. The van der Waals surface area contributed by atoms with E-state index in [2.05, 4.69) is 67.6 Å². The summed E-state index contributed by atoms with van der Waals surface area (Å²) in [5, 5.41) is 5.75. The van der Waals surface area contributed by atoms with Gasteiger partial charge in [-0.25, -0.2) is 19.6 Å². The van der Waals surface area contributed by atoms with Crippen LogP contribution in [0.15, 0.2) is 49.1 Å². The van der Waals surface area contributed by atoms with Crippen molar-refractivity contribution >= 4 is 20.8 Å². The van der Waals surface area contributed by atoms with Gasteiger partial charge in [-0.1, -0.05) is 24.3 Å². The molecule has 0 aliphatic carbocycles. The van der Waals surface area contributed by atoms with E-state index >= 15 is 0 Å². The van der Waals surface area contributed by atoms with Crippen LogP contribution >= 0.6 is 8.58 Å². The Bertz CT molecular complexity index is 1280. The number of carbonyl (C=O) groups is 2. The van der Waals surface area contributed by atoms with Crippen LogP contribution in [0.4, 0.5) is 9.59 Å². The molecular weight excluding hydrogens is 515 g/mol. The van der Waals surface area contributed by atoms with Crippen LogP contribution in [0.3, 0.4) is 0 Å². The van der Waals surface area contributed by atoms with Gasteiger partial charge in [0.15, 0.2) is 18.0 Å². The molecule has 1 unspecified atom stereocenters. The number of amides is 2. The molecule has 11 heteroatoms. The molecule has 0 spiro atoms. The Kier molecular flexibility index (Phi) is 8.81. The molecule has 4 heterocycles. The Morgan fingerprint density at radius 3 is 2.10 bits per heavy atom. The molecule has 0 fully saturated rings. The van der Waals surface area contributed by atoms with Gasteiger partial charge in [0.2, 0.25) is 0 Å². The molecule has 2 aromatic heterocycles. The van der Waals surface area contributed by atoms with Crippen molar-refractivity contribution in [2.75, 3.05) is 19.8 Å². The van der Waals surface area contributed by atoms with Crippen molar-refractivity contribution in [3.8, 4) is 0 Å². The average Bonchev–Trinajstić information content (AvgIpc) is 3.71. The molecule has 0 radical (unpaired) electrons. The van der Waals surface area contributed by atoms with Crippen molar-refractivity contribution in [3.63, 3.8) is 0 Å². The molecule has 10 nitrogen and oxygen atoms in total. The summed E-state index contributed by atoms with van der Waals surface area (Å²) in [4.78, 5) is 33.3. The minimum atomic E-state index is -0.396. The standard InChI is InChI=1S/C28H37N6O4P/c1-19-16-22(25-29-12-14-33(19)25)37-27(35)31-10-4-8-20-6-3-7-21(17-20)9-5-11-32-28(36)38-23-18-24(39-2)34-15-13-30-26(23)34/h3,6-7,12-15,17,19,22-24,39H,4-5,8-11,16,18H2,1-2H3,(H,31,35)(H,32,36)/t19-,22-,23-,24-/m1/s1. The van der Waals surface area contributed by atoms with Crippen molar-refractivity contribution in [2.45, 2.75) is 69.5 Å². The predicted octanol–water partition coefficient (Wildman–Crippen LogP) is 5.06. The van der Waals surface area contributed by atoms with Gasteiger partial charge in [0, 0.05) is 56.8 Å². The van der Waals surface area contributed by atoms with Crippen molar-refractivity contribution in [1.29, 1.82) is 0 Å². The highest BCUT2D eigenvalue weighted by atomic mass is 31.1. The molecule has 5 rings (SSSR count). The summed E-state index contributed by atoms with van der Waals surface area (Å²) in [6, 6.07) is 8.75. The summed E-state index contributed by atoms with van der Waals surface area (Å²) in [6.07, 6.45) is 11.0. The number of rotatable bonds is 11. The topological polar surface area (TPSA) is 112 Å². The normalized spacial score (nSPS) is 21.6. The number of nitrogens with zero attached hydrogens (tertiary/aromatic N) is 4. The zero-order valence-electron chi connectivity index (χ0n) is 22.5. The molecular formula is C28H37N6O4P. The Balaban J connectivity index is 0.965. The third kappa shape index (κ3) is 6.61. The Morgan fingerprint density at radius 1 is 0.923 bits per heavy atom. The smallest absolute Gasteiger partial charge is 0.407 e. The fourth-order valence-electron chi connectivity index (χ4n) is 5.44. The van der Waals surface area contributed by atoms with E-state index in [0.29, 0.717) is 18.9 Å². The zero-order valence-corrected chi connectivity index (χ0v) is 23.5. The van der Waals surface area contributed by atoms with E-state index in [1.807, 2.05) is 12.4 Å². The molecule has 0 bridgehead atoms. The minimum Gasteiger partial charge on any atom is -0.438 e. The van der Waals surface area contributed by atoms with Crippen LogP contribution < -0.4 is 10.6 Å². The second-order valence-electron chi connectivity index (χ2n) is 10.2. The summed E-state index contributed by atoms with van der Waals surface area (Å²) in [6.45, 7) is 5.36. The van der Waals surface area contributed by atoms with Gasteiger partial charge in [-0.15, -0.1) is 8.58 Å². The molecule has 208 valence electrons. The summed E-state index contributed by atoms with van der Waals surface area (Å²) in [5.41, 5.74) is 2.45. The van der Waals surface area contributed by atoms with Gasteiger partial charge in [-0.3, -0.25) is 0 Å². The fraction of sp³-hybridized carbons (Fsp3) is 0.500. The largest absolute Gasteiger partial charge is 0.438 e. The number of aryl methyl sites for hydroxylation is 2. The highest BCUT2D eigenvalue weighted by Gasteiger charge is 2.34. The zero-order chi connectivity index (χ0) is 27.2. The van der Waals surface area contributed by atoms with Gasteiger partial charge in [0.25, 0.3) is 0 Å². The molecule has 39 heavy (non-hydrogen) atoms. The third-order valence-corrected chi connectivity index (χ3v) is 8.60. The lowest BCUT2D eigenvalue weighted by atomic mass is 10.0. The average molecular weight is 553 g/mol. The van der Waals surface area contributed by atoms with Gasteiger partial charge in [-0.2, -0.15) is 0 Å². The van der Waals surface area contributed by atoms with E-state index in [1.54, 1.807) is 12.4 Å². The lowest BCUT2D eigenvalue weighted by Crippen LogP contribution is -2.27. The third-order valence-electron chi connectivity index (χ3n) is 7.42. The lowest BCUT2D eigenvalue weighted by molar-refractivity contribution is 0.0938. The maximum absolute atomic E-state index is 12.3. The van der Waals surface area contributed by atoms with Gasteiger partial charge in [0.05, 0.1) is 5.78 Å². The van der Waals surface area contributed by atoms with E-state index in [9.17, 15) is 9.59 Å². The number of hydrogen-bond acceptors (Lipinski definition) is 6. The first-order valence-electron chi connectivity index (χ1n) is 13.7. The number of ether oxygens (including phenoxy) is 2. The molecule has 2 N–H and O–H groups in total. The van der Waals surface area contributed by atoms with Crippen molar-refractivity contribution in [3.05, 3.63) is 71.8 Å². The summed E-state index contributed by atoms with van der Waals surface area (Å²) in [5.74, 6) is 2.02. The number of hydrogen-bond donors (Lipinski definition) is 2. The molecule has 0 saturated heterocycles. The quantitative estimate of drug-likeness (QED) is 0.254. The summed E-state index contributed by atoms with van der Waals surface area (Å²) >= 11 is 0. The number of fused-ring (bicyclic) bond motifs is 2. The van der Waals surface area contributed by atoms with Gasteiger partial charge < -0.3 is 29.2 Å². The summed E-state index contributed by atoms with van der Waals surface area (Å²) < 4.78 is 15.4. The van der Waals surface area contributed by atoms with Crippen molar-refractivity contribution in [1.82, 2.24) is 29.7 Å². The Labute approximate surface area is 230 Å². The number of benzene rings is 1. The van der Waals surface area contributed by atoms with Crippen LogP contribution in [-0.4, -0.2) is 51.0 Å². The first-order chi connectivity index (χ1) is 19.0. The lowest BCUT2D eigenvalue weighted by Gasteiger charge is -2.13. The second kappa shape index (κ2) is 12.6. The predicted molar refractivity (Wildman–Crippen MR) is 149 cm³/mol.